The topological polar surface area (TPSA) is 31.9 Å². The number of aromatic nitrogens is 2. The Kier molecular flexibility index (Phi) is 2.83. The van der Waals surface area contributed by atoms with Crippen LogP contribution in [0.1, 0.15) is 5.56 Å². The molecular weight excluding hydrogens is 186 g/mol. The Morgan fingerprint density at radius 2 is 2.13 bits per heavy atom. The van der Waals surface area contributed by atoms with E-state index in [4.69, 9.17) is 0 Å². The van der Waals surface area contributed by atoms with E-state index in [1.807, 2.05) is 12.3 Å². The lowest BCUT2D eigenvalue weighted by Crippen LogP contribution is -2.10. The first kappa shape index (κ1) is 9.93. The second-order valence-corrected chi connectivity index (χ2v) is 3.90. The molecule has 0 saturated heterocycles. The standard InChI is InChI=1S/C12H15N3/c1-15(2)9-10-4-3-5-11(8-10)12-6-7-13-14-12/h3-8H,9H2,1-2H3,(H,13,14). The summed E-state index contributed by atoms with van der Waals surface area (Å²) in [7, 11) is 4.14. The molecule has 3 nitrogen and oxygen atoms in total. The first-order valence-corrected chi connectivity index (χ1v) is 4.99. The van der Waals surface area contributed by atoms with Crippen LogP contribution >= 0.6 is 0 Å². The van der Waals surface area contributed by atoms with Gasteiger partial charge in [0.2, 0.25) is 0 Å². The van der Waals surface area contributed by atoms with Crippen molar-refractivity contribution >= 4 is 0 Å². The van der Waals surface area contributed by atoms with E-state index in [1.165, 1.54) is 5.56 Å². The first-order chi connectivity index (χ1) is 7.25. The van der Waals surface area contributed by atoms with E-state index < -0.39 is 0 Å². The van der Waals surface area contributed by atoms with Gasteiger partial charge in [-0.15, -0.1) is 0 Å². The van der Waals surface area contributed by atoms with Crippen LogP contribution in [0.2, 0.25) is 0 Å². The van der Waals surface area contributed by atoms with Gasteiger partial charge in [0.1, 0.15) is 0 Å². The van der Waals surface area contributed by atoms with E-state index in [2.05, 4.69) is 53.5 Å². The molecule has 15 heavy (non-hydrogen) atoms. The van der Waals surface area contributed by atoms with Gasteiger partial charge in [0.05, 0.1) is 5.69 Å². The molecule has 0 atom stereocenters. The fourth-order valence-corrected chi connectivity index (χ4v) is 1.62. The van der Waals surface area contributed by atoms with E-state index in [1.54, 1.807) is 0 Å². The van der Waals surface area contributed by atoms with Crippen LogP contribution in [0.4, 0.5) is 0 Å². The third-order valence-electron chi connectivity index (χ3n) is 2.22. The van der Waals surface area contributed by atoms with Crippen molar-refractivity contribution in [2.75, 3.05) is 14.1 Å². The van der Waals surface area contributed by atoms with Crippen LogP contribution in [0.15, 0.2) is 36.5 Å². The number of rotatable bonds is 3. The zero-order chi connectivity index (χ0) is 10.7. The van der Waals surface area contributed by atoms with E-state index >= 15 is 0 Å². The molecule has 0 aliphatic carbocycles. The number of hydrogen-bond acceptors (Lipinski definition) is 2. The molecule has 0 fully saturated rings. The smallest absolute Gasteiger partial charge is 0.0920 e. The summed E-state index contributed by atoms with van der Waals surface area (Å²) in [5.74, 6) is 0. The fraction of sp³-hybridized carbons (Fsp3) is 0.250. The van der Waals surface area contributed by atoms with Gasteiger partial charge in [-0.1, -0.05) is 18.2 Å². The van der Waals surface area contributed by atoms with Crippen LogP contribution in [0, 0.1) is 0 Å². The van der Waals surface area contributed by atoms with Crippen molar-refractivity contribution < 1.29 is 0 Å². The van der Waals surface area contributed by atoms with Gasteiger partial charge in [0.25, 0.3) is 0 Å². The highest BCUT2D eigenvalue weighted by molar-refractivity contribution is 5.59. The molecule has 0 bridgehead atoms. The number of H-pyrrole nitrogens is 1. The van der Waals surface area contributed by atoms with Crippen LogP contribution in [0.25, 0.3) is 11.3 Å². The lowest BCUT2D eigenvalue weighted by molar-refractivity contribution is 0.402. The van der Waals surface area contributed by atoms with Crippen LogP contribution < -0.4 is 0 Å². The third kappa shape index (κ3) is 2.44. The Labute approximate surface area is 89.7 Å². The largest absolute Gasteiger partial charge is 0.305 e. The minimum Gasteiger partial charge on any atom is -0.305 e. The average Bonchev–Trinajstić information content (AvgIpc) is 2.69. The van der Waals surface area contributed by atoms with Gasteiger partial charge in [0.15, 0.2) is 0 Å². The number of hydrogen-bond donors (Lipinski definition) is 1. The molecule has 0 amide bonds. The molecule has 0 spiro atoms. The van der Waals surface area contributed by atoms with E-state index in [9.17, 15) is 0 Å². The number of benzene rings is 1. The van der Waals surface area contributed by atoms with Gasteiger partial charge in [0, 0.05) is 18.3 Å². The minimum absolute atomic E-state index is 0.957. The number of aromatic amines is 1. The molecule has 2 aromatic rings. The van der Waals surface area contributed by atoms with Crippen molar-refractivity contribution in [3.63, 3.8) is 0 Å². The van der Waals surface area contributed by atoms with E-state index in [-0.39, 0.29) is 0 Å². The quantitative estimate of drug-likeness (QED) is 0.825. The maximum Gasteiger partial charge on any atom is 0.0920 e. The van der Waals surface area contributed by atoms with E-state index in [0.717, 1.165) is 17.8 Å². The van der Waals surface area contributed by atoms with Crippen LogP contribution in [0.3, 0.4) is 0 Å². The molecule has 0 aliphatic heterocycles. The molecule has 78 valence electrons. The molecule has 1 heterocycles. The monoisotopic (exact) mass is 201 g/mol. The highest BCUT2D eigenvalue weighted by atomic mass is 15.1. The molecule has 3 heteroatoms. The minimum atomic E-state index is 0.957. The maximum absolute atomic E-state index is 4.17. The van der Waals surface area contributed by atoms with Gasteiger partial charge in [-0.3, -0.25) is 5.10 Å². The summed E-state index contributed by atoms with van der Waals surface area (Å²) in [4.78, 5) is 2.16. The Morgan fingerprint density at radius 1 is 1.27 bits per heavy atom. The van der Waals surface area contributed by atoms with Crippen LogP contribution in [-0.2, 0) is 6.54 Å². The van der Waals surface area contributed by atoms with Gasteiger partial charge >= 0.3 is 0 Å². The van der Waals surface area contributed by atoms with Gasteiger partial charge in [-0.05, 0) is 31.8 Å². The van der Waals surface area contributed by atoms with E-state index in [0.29, 0.717) is 0 Å². The maximum atomic E-state index is 4.17. The van der Waals surface area contributed by atoms with Gasteiger partial charge < -0.3 is 4.90 Å². The highest BCUT2D eigenvalue weighted by Gasteiger charge is 2.01. The molecular formula is C12H15N3. The molecule has 0 unspecified atom stereocenters. The molecule has 1 aromatic carbocycles. The SMILES string of the molecule is CN(C)Cc1cccc(-c2cc[nH]n2)c1. The molecule has 0 saturated carbocycles. The van der Waals surface area contributed by atoms with Gasteiger partial charge in [-0.2, -0.15) is 5.10 Å². The summed E-state index contributed by atoms with van der Waals surface area (Å²) in [5.41, 5.74) is 3.46. The Morgan fingerprint density at radius 3 is 2.80 bits per heavy atom. The zero-order valence-electron chi connectivity index (χ0n) is 9.07. The van der Waals surface area contributed by atoms with Crippen molar-refractivity contribution in [3.8, 4) is 11.3 Å². The summed E-state index contributed by atoms with van der Waals surface area (Å²) >= 11 is 0. The Hall–Kier alpha value is -1.61. The molecule has 0 radical (unpaired) electrons. The zero-order valence-corrected chi connectivity index (χ0v) is 9.07. The number of nitrogens with one attached hydrogen (secondary N) is 1. The van der Waals surface area contributed by atoms with Crippen molar-refractivity contribution in [1.82, 2.24) is 15.1 Å². The lowest BCUT2D eigenvalue weighted by atomic mass is 10.1. The van der Waals surface area contributed by atoms with Crippen molar-refractivity contribution in [3.05, 3.63) is 42.1 Å². The summed E-state index contributed by atoms with van der Waals surface area (Å²) in [6, 6.07) is 10.4. The van der Waals surface area contributed by atoms with Crippen molar-refractivity contribution in [2.24, 2.45) is 0 Å². The summed E-state index contributed by atoms with van der Waals surface area (Å²) in [6.07, 6.45) is 1.84. The molecule has 2 rings (SSSR count). The lowest BCUT2D eigenvalue weighted by Gasteiger charge is -2.10. The fourth-order valence-electron chi connectivity index (χ4n) is 1.62. The molecule has 1 N–H and O–H groups in total. The number of nitrogens with zero attached hydrogens (tertiary/aromatic N) is 2. The summed E-state index contributed by atoms with van der Waals surface area (Å²) in [5, 5.41) is 7.00. The van der Waals surface area contributed by atoms with Crippen molar-refractivity contribution in [2.45, 2.75) is 6.54 Å². The normalized spacial score (nSPS) is 10.9. The highest BCUT2D eigenvalue weighted by Crippen LogP contribution is 2.17. The average molecular weight is 201 g/mol. The van der Waals surface area contributed by atoms with Crippen LogP contribution in [0.5, 0.6) is 0 Å². The molecule has 1 aromatic heterocycles. The van der Waals surface area contributed by atoms with Crippen LogP contribution in [-0.4, -0.2) is 29.2 Å². The Bertz CT molecular complexity index is 418. The second kappa shape index (κ2) is 4.28. The first-order valence-electron chi connectivity index (χ1n) is 4.99. The molecule has 0 aliphatic rings. The predicted molar refractivity (Wildman–Crippen MR) is 61.4 cm³/mol. The summed E-state index contributed by atoms with van der Waals surface area (Å²) < 4.78 is 0. The Balaban J connectivity index is 2.27. The summed E-state index contributed by atoms with van der Waals surface area (Å²) in [6.45, 7) is 0.957. The third-order valence-corrected chi connectivity index (χ3v) is 2.22. The van der Waals surface area contributed by atoms with Crippen molar-refractivity contribution in [1.29, 1.82) is 0 Å². The van der Waals surface area contributed by atoms with Gasteiger partial charge in [-0.25, -0.2) is 0 Å². The second-order valence-electron chi connectivity index (χ2n) is 3.90. The predicted octanol–water partition coefficient (Wildman–Crippen LogP) is 2.14.